The van der Waals surface area contributed by atoms with Gasteiger partial charge in [0.15, 0.2) is 0 Å². The van der Waals surface area contributed by atoms with Crippen LogP contribution in [0.3, 0.4) is 0 Å². The lowest BCUT2D eigenvalue weighted by atomic mass is 10.1. The first-order valence-corrected chi connectivity index (χ1v) is 11.1. The number of unbranched alkanes of at least 4 members (excludes halogenated alkanes) is 1. The van der Waals surface area contributed by atoms with Crippen LogP contribution >= 0.6 is 35.1 Å². The zero-order valence-corrected chi connectivity index (χ0v) is 17.2. The van der Waals surface area contributed by atoms with Crippen LogP contribution in [0.1, 0.15) is 30.6 Å². The predicted octanol–water partition coefficient (Wildman–Crippen LogP) is 6.96. The number of hydrogen-bond acceptors (Lipinski definition) is 3. The number of aromatic nitrogens is 2. The van der Waals surface area contributed by atoms with E-state index >= 15 is 0 Å². The van der Waals surface area contributed by atoms with Gasteiger partial charge in [-0.1, -0.05) is 37.1 Å². The van der Waals surface area contributed by atoms with Crippen LogP contribution in [0.5, 0.6) is 0 Å². The highest BCUT2D eigenvalue weighted by atomic mass is 35.5. The number of halogens is 1. The fraction of sp³-hybridized carbons (Fsp3) is 0.286. The quantitative estimate of drug-likeness (QED) is 0.284. The van der Waals surface area contributed by atoms with Gasteiger partial charge >= 0.3 is 0 Å². The molecule has 0 aliphatic heterocycles. The van der Waals surface area contributed by atoms with E-state index in [2.05, 4.69) is 52.9 Å². The predicted molar refractivity (Wildman–Crippen MR) is 114 cm³/mol. The van der Waals surface area contributed by atoms with E-state index in [1.54, 1.807) is 0 Å². The molecular formula is C21H23ClN2S2. The summed E-state index contributed by atoms with van der Waals surface area (Å²) >= 11 is 9.83. The van der Waals surface area contributed by atoms with Crippen LogP contribution in [0.2, 0.25) is 5.02 Å². The smallest absolute Gasteiger partial charge is 0.0946 e. The van der Waals surface area contributed by atoms with Crippen molar-refractivity contribution in [3.05, 3.63) is 77.8 Å². The molecule has 5 heteroatoms. The normalized spacial score (nSPS) is 12.2. The maximum Gasteiger partial charge on any atom is 0.0946 e. The molecule has 136 valence electrons. The van der Waals surface area contributed by atoms with Gasteiger partial charge in [0.25, 0.3) is 0 Å². The Bertz CT molecular complexity index is 771. The fourth-order valence-electron chi connectivity index (χ4n) is 2.59. The molecule has 0 N–H and O–H groups in total. The molecule has 2 aromatic carbocycles. The summed E-state index contributed by atoms with van der Waals surface area (Å²) in [5.74, 6) is 1.19. The molecule has 1 atom stereocenters. The van der Waals surface area contributed by atoms with E-state index in [-0.39, 0.29) is 0 Å². The van der Waals surface area contributed by atoms with Gasteiger partial charge in [0, 0.05) is 33.8 Å². The topological polar surface area (TPSA) is 17.8 Å². The van der Waals surface area contributed by atoms with Gasteiger partial charge in [-0.15, -0.1) is 23.5 Å². The third-order valence-corrected chi connectivity index (χ3v) is 6.65. The Morgan fingerprint density at radius 1 is 1.04 bits per heavy atom. The molecule has 3 rings (SSSR count). The zero-order chi connectivity index (χ0) is 18.2. The molecule has 0 bridgehead atoms. The Kier molecular flexibility index (Phi) is 7.54. The average molecular weight is 403 g/mol. The van der Waals surface area contributed by atoms with Crippen LogP contribution in [0.25, 0.3) is 0 Å². The standard InChI is InChI=1S/C21H23ClN2S2/c1-2-3-14-25-19-8-4-17(5-9-19)21(15-24-13-12-23-16-24)26-20-10-6-18(22)7-11-20/h4-13,16,21H,2-3,14-15H2,1H3. The first-order chi connectivity index (χ1) is 12.7. The van der Waals surface area contributed by atoms with Gasteiger partial charge in [0.2, 0.25) is 0 Å². The van der Waals surface area contributed by atoms with E-state index in [1.165, 1.54) is 33.9 Å². The molecule has 0 spiro atoms. The molecule has 1 aromatic heterocycles. The van der Waals surface area contributed by atoms with Crippen molar-refractivity contribution >= 4 is 35.1 Å². The van der Waals surface area contributed by atoms with Crippen molar-refractivity contribution in [1.29, 1.82) is 0 Å². The summed E-state index contributed by atoms with van der Waals surface area (Å²) < 4.78 is 2.14. The Balaban J connectivity index is 1.74. The summed E-state index contributed by atoms with van der Waals surface area (Å²) in [6, 6.07) is 17.1. The third-order valence-electron chi connectivity index (χ3n) is 4.05. The molecule has 0 radical (unpaired) electrons. The molecule has 0 fully saturated rings. The molecule has 3 aromatic rings. The van der Waals surface area contributed by atoms with E-state index in [4.69, 9.17) is 11.6 Å². The summed E-state index contributed by atoms with van der Waals surface area (Å²) in [5, 5.41) is 1.09. The molecule has 0 aliphatic rings. The maximum absolute atomic E-state index is 6.03. The van der Waals surface area contributed by atoms with Crippen molar-refractivity contribution in [1.82, 2.24) is 9.55 Å². The minimum atomic E-state index is 0.320. The van der Waals surface area contributed by atoms with Crippen LogP contribution in [0.15, 0.2) is 77.0 Å². The molecular weight excluding hydrogens is 380 g/mol. The van der Waals surface area contributed by atoms with Gasteiger partial charge in [0.1, 0.15) is 0 Å². The molecule has 0 amide bonds. The van der Waals surface area contributed by atoms with E-state index in [0.29, 0.717) is 5.25 Å². The Hall–Kier alpha value is -1.36. The highest BCUT2D eigenvalue weighted by molar-refractivity contribution is 7.99. The van der Waals surface area contributed by atoms with Gasteiger partial charge in [-0.3, -0.25) is 0 Å². The number of benzene rings is 2. The summed E-state index contributed by atoms with van der Waals surface area (Å²) in [5.41, 5.74) is 1.33. The number of nitrogens with zero attached hydrogens (tertiary/aromatic N) is 2. The Morgan fingerprint density at radius 3 is 2.42 bits per heavy atom. The van der Waals surface area contributed by atoms with Crippen LogP contribution in [0.4, 0.5) is 0 Å². The lowest BCUT2D eigenvalue weighted by molar-refractivity contribution is 0.683. The second-order valence-electron chi connectivity index (χ2n) is 6.09. The molecule has 26 heavy (non-hydrogen) atoms. The third kappa shape index (κ3) is 5.83. The van der Waals surface area contributed by atoms with Crippen molar-refractivity contribution in [2.75, 3.05) is 5.75 Å². The van der Waals surface area contributed by atoms with Crippen molar-refractivity contribution in [2.24, 2.45) is 0 Å². The minimum absolute atomic E-state index is 0.320. The van der Waals surface area contributed by atoms with Crippen LogP contribution in [0, 0.1) is 0 Å². The number of thioether (sulfide) groups is 2. The molecule has 1 heterocycles. The fourth-order valence-corrected chi connectivity index (χ4v) is 4.87. The van der Waals surface area contributed by atoms with Crippen molar-refractivity contribution in [3.8, 4) is 0 Å². The van der Waals surface area contributed by atoms with E-state index in [9.17, 15) is 0 Å². The largest absolute Gasteiger partial charge is 0.336 e. The van der Waals surface area contributed by atoms with E-state index in [1.807, 2.05) is 54.4 Å². The lowest BCUT2D eigenvalue weighted by Gasteiger charge is -2.18. The van der Waals surface area contributed by atoms with Gasteiger partial charge in [-0.25, -0.2) is 4.98 Å². The summed E-state index contributed by atoms with van der Waals surface area (Å²) in [6.07, 6.45) is 8.24. The molecule has 0 saturated heterocycles. The van der Waals surface area contributed by atoms with Crippen molar-refractivity contribution < 1.29 is 0 Å². The zero-order valence-electron chi connectivity index (χ0n) is 14.8. The maximum atomic E-state index is 6.03. The molecule has 2 nitrogen and oxygen atoms in total. The first kappa shape index (κ1) is 19.4. The second-order valence-corrected chi connectivity index (χ2v) is 8.97. The average Bonchev–Trinajstić information content (AvgIpc) is 3.17. The van der Waals surface area contributed by atoms with Crippen molar-refractivity contribution in [2.45, 2.75) is 41.4 Å². The van der Waals surface area contributed by atoms with Crippen molar-refractivity contribution in [3.63, 3.8) is 0 Å². The highest BCUT2D eigenvalue weighted by Crippen LogP contribution is 2.37. The first-order valence-electron chi connectivity index (χ1n) is 8.85. The van der Waals surface area contributed by atoms with Gasteiger partial charge < -0.3 is 4.57 Å². The molecule has 0 aliphatic carbocycles. The summed E-state index contributed by atoms with van der Waals surface area (Å²) in [7, 11) is 0. The van der Waals surface area contributed by atoms with E-state index in [0.717, 1.165) is 11.6 Å². The van der Waals surface area contributed by atoms with Gasteiger partial charge in [-0.2, -0.15) is 0 Å². The lowest BCUT2D eigenvalue weighted by Crippen LogP contribution is -2.05. The molecule has 1 unspecified atom stereocenters. The minimum Gasteiger partial charge on any atom is -0.336 e. The van der Waals surface area contributed by atoms with Gasteiger partial charge in [-0.05, 0) is 54.1 Å². The van der Waals surface area contributed by atoms with Crippen LogP contribution < -0.4 is 0 Å². The Labute approximate surface area is 169 Å². The van der Waals surface area contributed by atoms with Crippen LogP contribution in [-0.4, -0.2) is 15.3 Å². The number of hydrogen-bond donors (Lipinski definition) is 0. The SMILES string of the molecule is CCCCSc1ccc(C(Cn2ccnc2)Sc2ccc(Cl)cc2)cc1. The molecule has 0 saturated carbocycles. The van der Waals surface area contributed by atoms with Gasteiger partial charge in [0.05, 0.1) is 11.6 Å². The number of rotatable bonds is 9. The second kappa shape index (κ2) is 10.1. The van der Waals surface area contributed by atoms with E-state index < -0.39 is 0 Å². The summed E-state index contributed by atoms with van der Waals surface area (Å²) in [6.45, 7) is 3.12. The monoisotopic (exact) mass is 402 g/mol. The number of imidazole rings is 1. The Morgan fingerprint density at radius 2 is 1.77 bits per heavy atom. The van der Waals surface area contributed by atoms with Crippen LogP contribution in [-0.2, 0) is 6.54 Å². The summed E-state index contributed by atoms with van der Waals surface area (Å²) in [4.78, 5) is 6.75. The highest BCUT2D eigenvalue weighted by Gasteiger charge is 2.14.